The lowest BCUT2D eigenvalue weighted by Crippen LogP contribution is -2.28. The van der Waals surface area contributed by atoms with E-state index < -0.39 is 0 Å². The van der Waals surface area contributed by atoms with Crippen molar-refractivity contribution >= 4 is 55.7 Å². The molecule has 0 unspecified atom stereocenters. The number of aryl methyl sites for hydroxylation is 2. The fourth-order valence-corrected chi connectivity index (χ4v) is 4.69. The maximum absolute atomic E-state index is 13.1. The number of hydrogen-bond donors (Lipinski definition) is 1. The number of thiophene rings is 1. The van der Waals surface area contributed by atoms with Crippen LogP contribution in [0.3, 0.4) is 0 Å². The zero-order chi connectivity index (χ0) is 20.5. The van der Waals surface area contributed by atoms with Crippen molar-refractivity contribution in [2.75, 3.05) is 5.32 Å². The molecule has 1 amide bonds. The van der Waals surface area contributed by atoms with Gasteiger partial charge >= 0.3 is 0 Å². The molecule has 2 aromatic heterocycles. The second-order valence-corrected chi connectivity index (χ2v) is 8.98. The number of nitrogens with one attached hydrogen (secondary N) is 1. The van der Waals surface area contributed by atoms with Gasteiger partial charge in [0.1, 0.15) is 11.4 Å². The molecule has 0 bridgehead atoms. The van der Waals surface area contributed by atoms with Gasteiger partial charge in [-0.1, -0.05) is 29.8 Å². The van der Waals surface area contributed by atoms with E-state index in [-0.39, 0.29) is 18.0 Å². The molecule has 4 aromatic rings. The van der Waals surface area contributed by atoms with Crippen LogP contribution in [-0.2, 0) is 11.3 Å². The van der Waals surface area contributed by atoms with E-state index in [1.165, 1.54) is 22.2 Å². The van der Waals surface area contributed by atoms with Crippen LogP contribution >= 0.6 is 33.9 Å². The van der Waals surface area contributed by atoms with Gasteiger partial charge in [0.25, 0.3) is 5.56 Å². The van der Waals surface area contributed by atoms with Gasteiger partial charge in [-0.2, -0.15) is 0 Å². The lowest BCUT2D eigenvalue weighted by Gasteiger charge is -2.10. The molecule has 5 nitrogen and oxygen atoms in total. The molecule has 0 saturated carbocycles. The second kappa shape index (κ2) is 8.08. The number of benzene rings is 2. The number of hydrogen-bond acceptors (Lipinski definition) is 4. The largest absolute Gasteiger partial charge is 0.324 e. The van der Waals surface area contributed by atoms with E-state index in [9.17, 15) is 9.59 Å². The number of nitrogens with zero attached hydrogens (tertiary/aromatic N) is 2. The molecule has 0 aliphatic rings. The zero-order valence-electron chi connectivity index (χ0n) is 15.9. The Labute approximate surface area is 185 Å². The van der Waals surface area contributed by atoms with Crippen LogP contribution in [0.1, 0.15) is 11.1 Å². The third-order valence-electron chi connectivity index (χ3n) is 4.70. The number of fused-ring (bicyclic) bond motifs is 1. The maximum atomic E-state index is 13.1. The van der Waals surface area contributed by atoms with E-state index in [2.05, 4.69) is 32.9 Å². The summed E-state index contributed by atoms with van der Waals surface area (Å²) in [5, 5.41) is 5.38. The molecule has 0 aliphatic heterocycles. The Morgan fingerprint density at radius 1 is 1.17 bits per heavy atom. The first kappa shape index (κ1) is 19.8. The third kappa shape index (κ3) is 4.11. The molecule has 1 N–H and O–H groups in total. The highest BCUT2D eigenvalue weighted by molar-refractivity contribution is 14.1. The minimum absolute atomic E-state index is 0.0869. The molecule has 0 fully saturated rings. The summed E-state index contributed by atoms with van der Waals surface area (Å²) in [6.07, 6.45) is 1.44. The van der Waals surface area contributed by atoms with Crippen molar-refractivity contribution in [3.05, 3.63) is 79.2 Å². The average Bonchev–Trinajstić information content (AvgIpc) is 3.12. The number of aromatic nitrogens is 2. The number of rotatable bonds is 4. The van der Waals surface area contributed by atoms with Crippen molar-refractivity contribution in [3.8, 4) is 11.1 Å². The van der Waals surface area contributed by atoms with Crippen LogP contribution in [0.4, 0.5) is 5.69 Å². The molecule has 0 radical (unpaired) electrons. The Kier molecular flexibility index (Phi) is 5.51. The van der Waals surface area contributed by atoms with Crippen molar-refractivity contribution < 1.29 is 4.79 Å². The summed E-state index contributed by atoms with van der Waals surface area (Å²) in [7, 11) is 0. The van der Waals surface area contributed by atoms with Crippen molar-refractivity contribution in [2.24, 2.45) is 0 Å². The zero-order valence-corrected chi connectivity index (χ0v) is 18.9. The van der Waals surface area contributed by atoms with E-state index in [0.29, 0.717) is 10.2 Å². The molecule has 2 aromatic carbocycles. The van der Waals surface area contributed by atoms with Gasteiger partial charge in [0, 0.05) is 20.2 Å². The average molecular weight is 515 g/mol. The number of anilines is 1. The molecule has 2 heterocycles. The van der Waals surface area contributed by atoms with Gasteiger partial charge in [-0.25, -0.2) is 4.98 Å². The van der Waals surface area contributed by atoms with Crippen LogP contribution in [0.2, 0.25) is 0 Å². The standard InChI is InChI=1S/C22H18IN3O2S/c1-13-3-5-15(6-4-13)17-11-29-21-20(17)22(28)26(12-24-21)10-19(27)25-18-8-7-16(23)9-14(18)2/h3-9,11-12H,10H2,1-2H3,(H,25,27). The number of carbonyl (C=O) groups is 1. The SMILES string of the molecule is Cc1ccc(-c2csc3ncn(CC(=O)Nc4ccc(I)cc4C)c(=O)c23)cc1. The molecule has 146 valence electrons. The Morgan fingerprint density at radius 2 is 1.93 bits per heavy atom. The van der Waals surface area contributed by atoms with Crippen LogP contribution in [-0.4, -0.2) is 15.5 Å². The normalized spacial score (nSPS) is 11.0. The highest BCUT2D eigenvalue weighted by Gasteiger charge is 2.15. The summed E-state index contributed by atoms with van der Waals surface area (Å²) in [5.74, 6) is -0.260. The lowest BCUT2D eigenvalue weighted by atomic mass is 10.1. The maximum Gasteiger partial charge on any atom is 0.263 e. The number of halogens is 1. The van der Waals surface area contributed by atoms with Gasteiger partial charge in [0.05, 0.1) is 11.7 Å². The Morgan fingerprint density at radius 3 is 2.66 bits per heavy atom. The van der Waals surface area contributed by atoms with Crippen LogP contribution in [0.5, 0.6) is 0 Å². The number of carbonyl (C=O) groups excluding carboxylic acids is 1. The fourth-order valence-electron chi connectivity index (χ4n) is 3.14. The first-order valence-corrected chi connectivity index (χ1v) is 11.0. The highest BCUT2D eigenvalue weighted by Crippen LogP contribution is 2.30. The number of amides is 1. The van der Waals surface area contributed by atoms with Crippen LogP contribution in [0.25, 0.3) is 21.3 Å². The predicted molar refractivity (Wildman–Crippen MR) is 127 cm³/mol. The van der Waals surface area contributed by atoms with E-state index >= 15 is 0 Å². The van der Waals surface area contributed by atoms with Crippen LogP contribution in [0.15, 0.2) is 59.0 Å². The minimum Gasteiger partial charge on any atom is -0.324 e. The fraction of sp³-hybridized carbons (Fsp3) is 0.136. The molecule has 7 heteroatoms. The van der Waals surface area contributed by atoms with Gasteiger partial charge in [-0.3, -0.25) is 14.2 Å². The Bertz CT molecular complexity index is 1280. The molecule has 0 spiro atoms. The van der Waals surface area contributed by atoms with Gasteiger partial charge in [0.2, 0.25) is 5.91 Å². The minimum atomic E-state index is -0.260. The van der Waals surface area contributed by atoms with Gasteiger partial charge < -0.3 is 5.32 Å². The molecular weight excluding hydrogens is 497 g/mol. The van der Waals surface area contributed by atoms with Gasteiger partial charge in [-0.15, -0.1) is 11.3 Å². The van der Waals surface area contributed by atoms with Crippen LogP contribution in [0, 0.1) is 17.4 Å². The van der Waals surface area contributed by atoms with E-state index in [1.807, 2.05) is 61.7 Å². The summed E-state index contributed by atoms with van der Waals surface area (Å²) >= 11 is 3.67. The molecule has 29 heavy (non-hydrogen) atoms. The predicted octanol–water partition coefficient (Wildman–Crippen LogP) is 4.99. The highest BCUT2D eigenvalue weighted by atomic mass is 127. The van der Waals surface area contributed by atoms with Crippen molar-refractivity contribution in [1.82, 2.24) is 9.55 Å². The Hall–Kier alpha value is -2.52. The summed E-state index contributed by atoms with van der Waals surface area (Å²) < 4.78 is 2.47. The van der Waals surface area contributed by atoms with Gasteiger partial charge in [-0.05, 0) is 65.8 Å². The Balaban J connectivity index is 1.65. The van der Waals surface area contributed by atoms with E-state index in [4.69, 9.17) is 0 Å². The van der Waals surface area contributed by atoms with Crippen molar-refractivity contribution in [3.63, 3.8) is 0 Å². The van der Waals surface area contributed by atoms with Crippen molar-refractivity contribution in [2.45, 2.75) is 20.4 Å². The first-order chi connectivity index (χ1) is 13.9. The summed E-state index contributed by atoms with van der Waals surface area (Å²) in [4.78, 5) is 30.7. The van der Waals surface area contributed by atoms with E-state index in [0.717, 1.165) is 31.5 Å². The smallest absolute Gasteiger partial charge is 0.263 e. The van der Waals surface area contributed by atoms with Crippen LogP contribution < -0.4 is 10.9 Å². The van der Waals surface area contributed by atoms with E-state index in [1.54, 1.807) is 0 Å². The summed E-state index contributed by atoms with van der Waals surface area (Å²) in [6.45, 7) is 3.88. The summed E-state index contributed by atoms with van der Waals surface area (Å²) in [6, 6.07) is 13.8. The first-order valence-electron chi connectivity index (χ1n) is 9.02. The van der Waals surface area contributed by atoms with Crippen molar-refractivity contribution in [1.29, 1.82) is 0 Å². The topological polar surface area (TPSA) is 64.0 Å². The quantitative estimate of drug-likeness (QED) is 0.390. The molecular formula is C22H18IN3O2S. The molecule has 4 rings (SSSR count). The van der Waals surface area contributed by atoms with Gasteiger partial charge in [0.15, 0.2) is 0 Å². The summed E-state index contributed by atoms with van der Waals surface area (Å²) in [5.41, 5.74) is 4.50. The second-order valence-electron chi connectivity index (χ2n) is 6.88. The molecule has 0 saturated heterocycles. The molecule has 0 aliphatic carbocycles. The third-order valence-corrected chi connectivity index (χ3v) is 6.26. The lowest BCUT2D eigenvalue weighted by molar-refractivity contribution is -0.116. The monoisotopic (exact) mass is 515 g/mol. The molecule has 0 atom stereocenters.